The van der Waals surface area contributed by atoms with Crippen LogP contribution in [0.2, 0.25) is 5.02 Å². The van der Waals surface area contributed by atoms with E-state index in [0.29, 0.717) is 28.7 Å². The van der Waals surface area contributed by atoms with E-state index in [1.165, 1.54) is 38.5 Å². The number of aromatic nitrogens is 3. The number of quaternary nitrogens is 1. The minimum atomic E-state index is 0.241. The molecule has 0 spiro atoms. The van der Waals surface area contributed by atoms with Crippen LogP contribution in [-0.4, -0.2) is 59.1 Å². The molecule has 32 heavy (non-hydrogen) atoms. The molecule has 5 N–H and O–H groups in total. The molecule has 2 aromatic rings. The maximum atomic E-state index is 6.21. The molecule has 1 aromatic heterocycles. The van der Waals surface area contributed by atoms with Gasteiger partial charge < -0.3 is 21.7 Å². The van der Waals surface area contributed by atoms with Gasteiger partial charge in [-0.1, -0.05) is 24.4 Å². The molecule has 1 aliphatic carbocycles. The normalized spacial score (nSPS) is 21.1. The molecule has 2 heterocycles. The predicted molar refractivity (Wildman–Crippen MR) is 133 cm³/mol. The minimum absolute atomic E-state index is 0.241. The summed E-state index contributed by atoms with van der Waals surface area (Å²) in [5, 5.41) is 3.74. The Balaban J connectivity index is 1.70. The lowest BCUT2D eigenvalue weighted by atomic mass is 9.95. The first-order valence-electron chi connectivity index (χ1n) is 11.7. The van der Waals surface area contributed by atoms with E-state index in [0.717, 1.165) is 42.0 Å². The van der Waals surface area contributed by atoms with E-state index in [2.05, 4.69) is 29.3 Å². The third kappa shape index (κ3) is 4.92. The number of rotatable bonds is 5. The second-order valence-corrected chi connectivity index (χ2v) is 9.91. The van der Waals surface area contributed by atoms with Crippen molar-refractivity contribution in [1.29, 1.82) is 0 Å². The highest BCUT2D eigenvalue weighted by Gasteiger charge is 2.45. The molecule has 1 saturated heterocycles. The Hall–Kier alpha value is -2.16. The summed E-state index contributed by atoms with van der Waals surface area (Å²) in [6.07, 6.45) is 9.82. The SMILES string of the molecule is CN1CCC([N+](C)(c2nc(N)nc(Nc3ccc(N)c(Cl)c3)n2)C2CCCCCC2)CC1. The van der Waals surface area contributed by atoms with Gasteiger partial charge in [0.05, 0.1) is 29.8 Å². The predicted octanol–water partition coefficient (Wildman–Crippen LogP) is 4.19. The summed E-state index contributed by atoms with van der Waals surface area (Å²) in [4.78, 5) is 16.4. The Morgan fingerprint density at radius 1 is 0.969 bits per heavy atom. The standard InChI is InChI=1S/C23H36ClN8/c1-31-13-11-18(12-14-31)32(2,17-7-5-3-4-6-8-17)23-29-21(26)28-22(30-23)27-16-9-10-20(25)19(24)15-16/h9-10,15,17-18H,3-8,11-14,25H2,1-2H3,(H3,26,27,28,29,30)/q+1. The first-order valence-corrected chi connectivity index (χ1v) is 12.1. The van der Waals surface area contributed by atoms with E-state index in [-0.39, 0.29) is 5.95 Å². The van der Waals surface area contributed by atoms with Gasteiger partial charge in [0, 0.05) is 31.6 Å². The zero-order valence-electron chi connectivity index (χ0n) is 19.2. The average molecular weight is 460 g/mol. The molecule has 174 valence electrons. The molecule has 1 saturated carbocycles. The van der Waals surface area contributed by atoms with Gasteiger partial charge in [0.15, 0.2) is 0 Å². The molecule has 2 fully saturated rings. The van der Waals surface area contributed by atoms with Crippen LogP contribution in [0.1, 0.15) is 51.4 Å². The fourth-order valence-electron chi connectivity index (χ4n) is 5.34. The maximum Gasteiger partial charge on any atom is 0.335 e. The number of hydrogen-bond acceptors (Lipinski definition) is 7. The van der Waals surface area contributed by atoms with Crippen molar-refractivity contribution in [3.63, 3.8) is 0 Å². The van der Waals surface area contributed by atoms with E-state index in [9.17, 15) is 0 Å². The summed E-state index contributed by atoms with van der Waals surface area (Å²) in [5.74, 6) is 1.45. The number of nitrogens with zero attached hydrogens (tertiary/aromatic N) is 5. The molecule has 4 rings (SSSR count). The van der Waals surface area contributed by atoms with Crippen molar-refractivity contribution >= 4 is 40.8 Å². The van der Waals surface area contributed by atoms with Crippen molar-refractivity contribution in [2.45, 2.75) is 63.5 Å². The van der Waals surface area contributed by atoms with E-state index >= 15 is 0 Å². The molecule has 0 amide bonds. The molecular weight excluding hydrogens is 424 g/mol. The summed E-state index contributed by atoms with van der Waals surface area (Å²) in [5.41, 5.74) is 13.4. The van der Waals surface area contributed by atoms with Crippen LogP contribution in [0.5, 0.6) is 0 Å². The minimum Gasteiger partial charge on any atom is -0.398 e. The van der Waals surface area contributed by atoms with Crippen molar-refractivity contribution in [2.75, 3.05) is 44.0 Å². The first kappa shape index (κ1) is 23.0. The molecule has 1 atom stereocenters. The van der Waals surface area contributed by atoms with Gasteiger partial charge >= 0.3 is 5.95 Å². The van der Waals surface area contributed by atoms with Crippen LogP contribution >= 0.6 is 11.6 Å². The highest BCUT2D eigenvalue weighted by molar-refractivity contribution is 6.33. The Labute approximate surface area is 196 Å². The number of nitrogen functional groups attached to an aromatic ring is 2. The summed E-state index contributed by atoms with van der Waals surface area (Å²) in [7, 11) is 4.53. The van der Waals surface area contributed by atoms with Crippen LogP contribution in [0.4, 0.5) is 29.2 Å². The molecule has 2 aliphatic rings. The molecule has 1 aliphatic heterocycles. The number of halogens is 1. The Bertz CT molecular complexity index is 922. The first-order chi connectivity index (χ1) is 15.4. The summed E-state index contributed by atoms with van der Waals surface area (Å²) in [6.45, 7) is 2.20. The Kier molecular flexibility index (Phi) is 7.02. The lowest BCUT2D eigenvalue weighted by Crippen LogP contribution is -2.63. The van der Waals surface area contributed by atoms with Gasteiger partial charge in [0.25, 0.3) is 0 Å². The highest BCUT2D eigenvalue weighted by Crippen LogP contribution is 2.36. The van der Waals surface area contributed by atoms with Crippen LogP contribution in [0, 0.1) is 0 Å². The highest BCUT2D eigenvalue weighted by atomic mass is 35.5. The zero-order valence-corrected chi connectivity index (χ0v) is 20.0. The van der Waals surface area contributed by atoms with Crippen LogP contribution in [0.3, 0.4) is 0 Å². The number of nitrogens with two attached hydrogens (primary N) is 2. The van der Waals surface area contributed by atoms with Gasteiger partial charge in [-0.3, -0.25) is 4.48 Å². The number of hydrogen-bond donors (Lipinski definition) is 3. The number of piperidine rings is 1. The molecule has 9 heteroatoms. The summed E-state index contributed by atoms with van der Waals surface area (Å²) < 4.78 is 0.734. The molecule has 0 radical (unpaired) electrons. The van der Waals surface area contributed by atoms with Gasteiger partial charge in [-0.2, -0.15) is 4.98 Å². The van der Waals surface area contributed by atoms with Gasteiger partial charge in [0.1, 0.15) is 0 Å². The third-order valence-corrected chi connectivity index (χ3v) is 7.69. The molecule has 1 aromatic carbocycles. The monoisotopic (exact) mass is 459 g/mol. The van der Waals surface area contributed by atoms with Crippen molar-refractivity contribution in [3.05, 3.63) is 23.2 Å². The van der Waals surface area contributed by atoms with Gasteiger partial charge in [-0.05, 0) is 50.9 Å². The van der Waals surface area contributed by atoms with E-state index < -0.39 is 0 Å². The fraction of sp³-hybridized carbons (Fsp3) is 0.609. The van der Waals surface area contributed by atoms with Gasteiger partial charge in [-0.25, -0.2) is 0 Å². The summed E-state index contributed by atoms with van der Waals surface area (Å²) in [6, 6.07) is 6.35. The third-order valence-electron chi connectivity index (χ3n) is 7.36. The van der Waals surface area contributed by atoms with Crippen molar-refractivity contribution in [2.24, 2.45) is 0 Å². The van der Waals surface area contributed by atoms with E-state index in [1.54, 1.807) is 12.1 Å². The second kappa shape index (κ2) is 9.77. The van der Waals surface area contributed by atoms with E-state index in [1.807, 2.05) is 6.07 Å². The second-order valence-electron chi connectivity index (χ2n) is 9.51. The van der Waals surface area contributed by atoms with Crippen LogP contribution in [0.15, 0.2) is 18.2 Å². The molecule has 0 bridgehead atoms. The van der Waals surface area contributed by atoms with Crippen LogP contribution < -0.4 is 21.3 Å². The van der Waals surface area contributed by atoms with Crippen LogP contribution in [-0.2, 0) is 0 Å². The topological polar surface area (TPSA) is 106 Å². The maximum absolute atomic E-state index is 6.21. The quantitative estimate of drug-likeness (QED) is 0.349. The van der Waals surface area contributed by atoms with Crippen molar-refractivity contribution < 1.29 is 0 Å². The number of anilines is 4. The average Bonchev–Trinajstić information content (AvgIpc) is 3.06. The van der Waals surface area contributed by atoms with Crippen LogP contribution in [0.25, 0.3) is 0 Å². The smallest absolute Gasteiger partial charge is 0.335 e. The van der Waals surface area contributed by atoms with E-state index in [4.69, 9.17) is 33.0 Å². The lowest BCUT2D eigenvalue weighted by molar-refractivity contribution is 0.0961. The Morgan fingerprint density at radius 3 is 2.28 bits per heavy atom. The van der Waals surface area contributed by atoms with Gasteiger partial charge in [0.2, 0.25) is 11.9 Å². The molecule has 1 unspecified atom stereocenters. The lowest BCUT2D eigenvalue weighted by Gasteiger charge is -2.47. The van der Waals surface area contributed by atoms with Gasteiger partial charge in [-0.15, -0.1) is 9.97 Å². The Morgan fingerprint density at radius 2 is 1.62 bits per heavy atom. The fourth-order valence-corrected chi connectivity index (χ4v) is 5.52. The number of nitrogens with one attached hydrogen (secondary N) is 1. The number of likely N-dealkylation sites (tertiary alicyclic amines) is 1. The summed E-state index contributed by atoms with van der Waals surface area (Å²) >= 11 is 6.20. The zero-order chi connectivity index (χ0) is 22.7. The largest absolute Gasteiger partial charge is 0.398 e. The molecule has 8 nitrogen and oxygen atoms in total. The van der Waals surface area contributed by atoms with Crippen molar-refractivity contribution in [1.82, 2.24) is 24.3 Å². The molecular formula is C23H36ClN8+. The van der Waals surface area contributed by atoms with Crippen molar-refractivity contribution in [3.8, 4) is 0 Å². The number of benzene rings is 1.